The van der Waals surface area contributed by atoms with Crippen LogP contribution >= 0.6 is 11.8 Å². The van der Waals surface area contributed by atoms with Crippen LogP contribution in [0.15, 0.2) is 10.1 Å². The molecule has 1 aliphatic heterocycles. The van der Waals surface area contributed by atoms with Crippen molar-refractivity contribution in [1.29, 1.82) is 0 Å². The van der Waals surface area contributed by atoms with Crippen molar-refractivity contribution in [2.45, 2.75) is 57.3 Å². The van der Waals surface area contributed by atoms with Gasteiger partial charge >= 0.3 is 26.1 Å². The molecule has 0 spiro atoms. The molecule has 1 heterocycles. The number of nitrogens with one attached hydrogen (secondary N) is 1. The van der Waals surface area contributed by atoms with E-state index >= 15 is 0 Å². The number of amides is 1. The Hall–Kier alpha value is -2.24. The molecule has 0 aromatic rings. The summed E-state index contributed by atoms with van der Waals surface area (Å²) in [5, 5.41) is 15.7. The summed E-state index contributed by atoms with van der Waals surface area (Å²) in [5.41, 5.74) is -2.42. The molecular formula is C15H20BN3O7S. The largest absolute Gasteiger partial charge is 0.540 e. The highest BCUT2D eigenvalue weighted by Gasteiger charge is 2.49. The number of rotatable bonds is 5. The van der Waals surface area contributed by atoms with Crippen molar-refractivity contribution in [3.05, 3.63) is 0 Å². The Labute approximate surface area is 161 Å². The van der Waals surface area contributed by atoms with Crippen molar-refractivity contribution in [2.75, 3.05) is 5.75 Å². The predicted octanol–water partition coefficient (Wildman–Crippen LogP) is 0.989. The first-order valence-electron chi connectivity index (χ1n) is 8.17. The van der Waals surface area contributed by atoms with Crippen LogP contribution in [-0.2, 0) is 23.8 Å². The van der Waals surface area contributed by atoms with Gasteiger partial charge in [-0.05, 0) is 27.2 Å². The fourth-order valence-electron chi connectivity index (χ4n) is 2.29. The third-order valence-electron chi connectivity index (χ3n) is 3.75. The highest BCUT2D eigenvalue weighted by atomic mass is 32.2. The summed E-state index contributed by atoms with van der Waals surface area (Å²) < 4.78 is 9.32. The minimum Gasteiger partial charge on any atom is -0.540 e. The van der Waals surface area contributed by atoms with E-state index in [-0.39, 0.29) is 16.6 Å². The van der Waals surface area contributed by atoms with Gasteiger partial charge in [0, 0.05) is 18.6 Å². The maximum absolute atomic E-state index is 11.8. The van der Waals surface area contributed by atoms with Crippen LogP contribution in [0.4, 0.5) is 4.79 Å². The minimum absolute atomic E-state index is 0.211. The van der Waals surface area contributed by atoms with Gasteiger partial charge in [-0.15, -0.1) is 0 Å². The Morgan fingerprint density at radius 2 is 2.04 bits per heavy atom. The number of thioether (sulfide) groups is 1. The van der Waals surface area contributed by atoms with Gasteiger partial charge in [-0.1, -0.05) is 16.9 Å². The summed E-state index contributed by atoms with van der Waals surface area (Å²) in [5.74, 6) is -1.93. The SMILES string of the molecule is [B]OC(=O)C1(O/N=C(\C(=O)O)C2CSC(NC(=O)OC(C)(C)C)=N2)CCC1. The van der Waals surface area contributed by atoms with Crippen molar-refractivity contribution in [1.82, 2.24) is 5.32 Å². The molecular weight excluding hydrogens is 377 g/mol. The zero-order valence-corrected chi connectivity index (χ0v) is 16.0. The summed E-state index contributed by atoms with van der Waals surface area (Å²) in [6, 6.07) is -0.858. The van der Waals surface area contributed by atoms with Crippen molar-refractivity contribution in [2.24, 2.45) is 10.1 Å². The monoisotopic (exact) mass is 397 g/mol. The van der Waals surface area contributed by atoms with Crippen LogP contribution in [-0.4, -0.2) is 65.1 Å². The van der Waals surface area contributed by atoms with Gasteiger partial charge in [0.1, 0.15) is 11.6 Å². The lowest BCUT2D eigenvalue weighted by Crippen LogP contribution is -2.48. The van der Waals surface area contributed by atoms with Gasteiger partial charge in [-0.3, -0.25) is 10.3 Å². The second-order valence-electron chi connectivity index (χ2n) is 7.01. The molecule has 0 saturated heterocycles. The van der Waals surface area contributed by atoms with E-state index in [0.29, 0.717) is 19.3 Å². The fourth-order valence-corrected chi connectivity index (χ4v) is 3.20. The molecule has 2 N–H and O–H groups in total. The van der Waals surface area contributed by atoms with Crippen LogP contribution in [0.25, 0.3) is 0 Å². The number of nitrogens with zero attached hydrogens (tertiary/aromatic N) is 2. The van der Waals surface area contributed by atoms with Crippen LogP contribution in [0.5, 0.6) is 0 Å². The smallest absolute Gasteiger partial charge is 0.413 e. The summed E-state index contributed by atoms with van der Waals surface area (Å²) >= 11 is 1.14. The van der Waals surface area contributed by atoms with Crippen molar-refractivity contribution in [3.63, 3.8) is 0 Å². The first-order valence-corrected chi connectivity index (χ1v) is 9.16. The molecule has 2 aliphatic rings. The Morgan fingerprint density at radius 3 is 2.52 bits per heavy atom. The van der Waals surface area contributed by atoms with E-state index in [0.717, 1.165) is 11.8 Å². The molecule has 1 atom stereocenters. The number of carboxylic acids is 1. The molecule has 1 unspecified atom stereocenters. The topological polar surface area (TPSA) is 136 Å². The molecule has 10 nitrogen and oxygen atoms in total. The summed E-state index contributed by atoms with van der Waals surface area (Å²) in [4.78, 5) is 44.3. The molecule has 2 radical (unpaired) electrons. The first-order chi connectivity index (χ1) is 12.6. The zero-order chi connectivity index (χ0) is 20.2. The number of hydrogen-bond donors (Lipinski definition) is 2. The number of hydrogen-bond acceptors (Lipinski definition) is 9. The number of carboxylic acid groups (broad SMARTS) is 1. The molecule has 1 saturated carbocycles. The third-order valence-corrected chi connectivity index (χ3v) is 4.72. The van der Waals surface area contributed by atoms with Crippen LogP contribution in [0.1, 0.15) is 40.0 Å². The van der Waals surface area contributed by atoms with E-state index in [1.807, 2.05) is 0 Å². The average Bonchev–Trinajstić information content (AvgIpc) is 2.94. The molecule has 0 aromatic carbocycles. The summed E-state index contributed by atoms with van der Waals surface area (Å²) in [6.45, 7) is 5.15. The van der Waals surface area contributed by atoms with Gasteiger partial charge in [0.2, 0.25) is 5.60 Å². The molecule has 2 rings (SSSR count). The molecule has 146 valence electrons. The molecule has 12 heteroatoms. The number of aliphatic carboxylic acids is 1. The number of oxime groups is 1. The van der Waals surface area contributed by atoms with E-state index in [2.05, 4.69) is 20.1 Å². The summed E-state index contributed by atoms with van der Waals surface area (Å²) in [6.07, 6.45) is 0.661. The Morgan fingerprint density at radius 1 is 1.37 bits per heavy atom. The second kappa shape index (κ2) is 8.20. The second-order valence-corrected chi connectivity index (χ2v) is 8.02. The Balaban J connectivity index is 2.07. The van der Waals surface area contributed by atoms with E-state index in [9.17, 15) is 19.5 Å². The van der Waals surface area contributed by atoms with E-state index in [1.54, 1.807) is 20.8 Å². The number of carbonyl (C=O) groups excluding carboxylic acids is 2. The maximum atomic E-state index is 11.8. The van der Waals surface area contributed by atoms with Crippen LogP contribution < -0.4 is 5.32 Å². The molecule has 1 aliphatic carbocycles. The lowest BCUT2D eigenvalue weighted by molar-refractivity contribution is -0.175. The van der Waals surface area contributed by atoms with Gasteiger partial charge < -0.3 is 19.3 Å². The Kier molecular flexibility index (Phi) is 6.40. The third kappa shape index (κ3) is 5.38. The zero-order valence-electron chi connectivity index (χ0n) is 15.2. The number of carbonyl (C=O) groups is 3. The highest BCUT2D eigenvalue weighted by molar-refractivity contribution is 8.14. The lowest BCUT2D eigenvalue weighted by Gasteiger charge is -2.36. The van der Waals surface area contributed by atoms with Crippen molar-refractivity contribution < 1.29 is 33.7 Å². The van der Waals surface area contributed by atoms with E-state index in [1.165, 1.54) is 0 Å². The quantitative estimate of drug-likeness (QED) is 0.398. The van der Waals surface area contributed by atoms with Gasteiger partial charge in [0.05, 0.1) is 0 Å². The number of ether oxygens (including phenoxy) is 1. The molecule has 0 bridgehead atoms. The van der Waals surface area contributed by atoms with Gasteiger partial charge in [0.15, 0.2) is 10.9 Å². The normalized spacial score (nSPS) is 21.5. The number of amidine groups is 1. The predicted molar refractivity (Wildman–Crippen MR) is 97.6 cm³/mol. The maximum Gasteiger partial charge on any atom is 0.413 e. The van der Waals surface area contributed by atoms with Crippen LogP contribution in [0.3, 0.4) is 0 Å². The van der Waals surface area contributed by atoms with Crippen molar-refractivity contribution >= 4 is 48.7 Å². The van der Waals surface area contributed by atoms with E-state index < -0.39 is 35.3 Å². The molecule has 1 fully saturated rings. The lowest BCUT2D eigenvalue weighted by atomic mass is 9.80. The molecule has 27 heavy (non-hydrogen) atoms. The Bertz CT molecular complexity index is 685. The summed E-state index contributed by atoms with van der Waals surface area (Å²) in [7, 11) is 4.89. The molecule has 0 aromatic heterocycles. The van der Waals surface area contributed by atoms with Crippen LogP contribution in [0.2, 0.25) is 0 Å². The number of aliphatic imine (C=N–C) groups is 1. The molecule has 1 amide bonds. The van der Waals surface area contributed by atoms with Gasteiger partial charge in [-0.25, -0.2) is 14.4 Å². The van der Waals surface area contributed by atoms with Gasteiger partial charge in [0.25, 0.3) is 0 Å². The first kappa shape index (κ1) is 21.1. The van der Waals surface area contributed by atoms with E-state index in [4.69, 9.17) is 17.6 Å². The van der Waals surface area contributed by atoms with Crippen LogP contribution in [0, 0.1) is 0 Å². The average molecular weight is 397 g/mol. The number of alkyl carbamates (subject to hydrolysis) is 1. The fraction of sp³-hybridized carbons (Fsp3) is 0.667. The minimum atomic E-state index is -1.36. The standard InChI is InChI=1S/C15H20BN3O7S/c1-14(2,3)24-13(23)18-12-17-8(7-27-12)9(10(20)21)19-26-15(5-4-6-15)11(22)25-16/h8H,4-7H2,1-3H3,(H,20,21)(H,17,18,23)/b19-9-. The van der Waals surface area contributed by atoms with Crippen molar-refractivity contribution in [3.8, 4) is 0 Å². The van der Waals surface area contributed by atoms with Gasteiger partial charge in [-0.2, -0.15) is 0 Å². The highest BCUT2D eigenvalue weighted by Crippen LogP contribution is 2.37.